The maximum atomic E-state index is 3.67. The average molecular weight is 536 g/mol. The first-order valence-corrected chi connectivity index (χ1v) is 12.2. The molecule has 0 aliphatic rings. The van der Waals surface area contributed by atoms with E-state index in [1.165, 1.54) is 64.6 Å². The quantitative estimate of drug-likeness (QED) is 0.169. The molecule has 7 aromatic rings. The molecule has 7 rings (SSSR count). The van der Waals surface area contributed by atoms with Crippen molar-refractivity contribution < 1.29 is 0 Å². The lowest BCUT2D eigenvalue weighted by Gasteiger charge is -2.13. The second-order valence-electron chi connectivity index (χ2n) is 8.45. The van der Waals surface area contributed by atoms with Gasteiger partial charge in [-0.25, -0.2) is 0 Å². The third-order valence-corrected chi connectivity index (χ3v) is 7.70. The molecule has 2 heteroatoms. The Morgan fingerprint density at radius 3 is 1.12 bits per heavy atom. The van der Waals surface area contributed by atoms with Crippen LogP contribution in [0.4, 0.5) is 0 Å². The number of halogens is 2. The van der Waals surface area contributed by atoms with Crippen LogP contribution in [0.5, 0.6) is 0 Å². The van der Waals surface area contributed by atoms with E-state index in [0.717, 1.165) is 8.95 Å². The summed E-state index contributed by atoms with van der Waals surface area (Å²) >= 11 is 7.35. The van der Waals surface area contributed by atoms with E-state index in [1.54, 1.807) is 0 Å². The van der Waals surface area contributed by atoms with Crippen molar-refractivity contribution in [1.82, 2.24) is 0 Å². The summed E-state index contributed by atoms with van der Waals surface area (Å²) in [7, 11) is 0. The summed E-state index contributed by atoms with van der Waals surface area (Å²) in [5.74, 6) is 0. The highest BCUT2D eigenvalue weighted by Gasteiger charge is 2.11. The van der Waals surface area contributed by atoms with Crippen LogP contribution in [0.15, 0.2) is 106 Å². The monoisotopic (exact) mass is 534 g/mol. The van der Waals surface area contributed by atoms with Gasteiger partial charge < -0.3 is 0 Å². The lowest BCUT2D eigenvalue weighted by Crippen LogP contribution is -1.85. The van der Waals surface area contributed by atoms with Crippen molar-refractivity contribution in [3.05, 3.63) is 106 Å². The SMILES string of the molecule is Brc1ccc2ccc3ccc4c5ccc6ccc7ccc(Br)cc7c6c5ccc4c3c2c1. The van der Waals surface area contributed by atoms with Crippen LogP contribution in [0, 0.1) is 0 Å². The highest BCUT2D eigenvalue weighted by atomic mass is 79.9. The molecule has 0 aromatic heterocycles. The molecule has 0 amide bonds. The minimum atomic E-state index is 1.11. The first kappa shape index (κ1) is 18.6. The van der Waals surface area contributed by atoms with Crippen molar-refractivity contribution in [3.8, 4) is 0 Å². The lowest BCUT2D eigenvalue weighted by molar-refractivity contribution is 1.73. The lowest BCUT2D eigenvalue weighted by atomic mass is 9.91. The molecule has 7 aromatic carbocycles. The maximum absolute atomic E-state index is 3.67. The molecule has 0 radical (unpaired) electrons. The number of hydrogen-bond donors (Lipinski definition) is 0. The van der Waals surface area contributed by atoms with E-state index in [0.29, 0.717) is 0 Å². The van der Waals surface area contributed by atoms with Gasteiger partial charge in [-0.15, -0.1) is 0 Å². The molecule has 0 bridgehead atoms. The minimum Gasteiger partial charge on any atom is -0.0537 e. The van der Waals surface area contributed by atoms with Gasteiger partial charge in [-0.1, -0.05) is 105 Å². The van der Waals surface area contributed by atoms with Crippen molar-refractivity contribution in [2.45, 2.75) is 0 Å². The third-order valence-electron chi connectivity index (χ3n) is 6.72. The van der Waals surface area contributed by atoms with E-state index in [9.17, 15) is 0 Å². The molecule has 0 unspecified atom stereocenters. The van der Waals surface area contributed by atoms with Gasteiger partial charge in [0, 0.05) is 8.95 Å². The summed E-state index contributed by atoms with van der Waals surface area (Å²) in [6, 6.07) is 35.7. The summed E-state index contributed by atoms with van der Waals surface area (Å²) in [6.07, 6.45) is 0. The zero-order valence-corrected chi connectivity index (χ0v) is 20.2. The van der Waals surface area contributed by atoms with Gasteiger partial charge in [0.25, 0.3) is 0 Å². The van der Waals surface area contributed by atoms with Crippen LogP contribution in [0.25, 0.3) is 64.6 Å². The molecule has 0 saturated carbocycles. The van der Waals surface area contributed by atoms with E-state index in [-0.39, 0.29) is 0 Å². The summed E-state index contributed by atoms with van der Waals surface area (Å²) in [6.45, 7) is 0. The largest absolute Gasteiger partial charge is 0.0537 e. The van der Waals surface area contributed by atoms with E-state index in [2.05, 4.69) is 129 Å². The van der Waals surface area contributed by atoms with Crippen molar-refractivity contribution in [2.24, 2.45) is 0 Å². The number of hydrogen-bond acceptors (Lipinski definition) is 0. The Kier molecular flexibility index (Phi) is 3.94. The van der Waals surface area contributed by atoms with Crippen LogP contribution in [0.2, 0.25) is 0 Å². The predicted molar refractivity (Wildman–Crippen MR) is 147 cm³/mol. The Morgan fingerprint density at radius 1 is 0.312 bits per heavy atom. The van der Waals surface area contributed by atoms with Gasteiger partial charge in [0.15, 0.2) is 0 Å². The van der Waals surface area contributed by atoms with Crippen molar-refractivity contribution in [2.75, 3.05) is 0 Å². The van der Waals surface area contributed by atoms with Crippen LogP contribution in [-0.4, -0.2) is 0 Å². The minimum absolute atomic E-state index is 1.11. The van der Waals surface area contributed by atoms with Gasteiger partial charge in [0.1, 0.15) is 0 Å². The van der Waals surface area contributed by atoms with Crippen molar-refractivity contribution in [1.29, 1.82) is 0 Å². The molecular weight excluding hydrogens is 520 g/mol. The molecular formula is C30H16Br2. The summed E-state index contributed by atoms with van der Waals surface area (Å²) in [5.41, 5.74) is 0. The third kappa shape index (κ3) is 2.60. The molecule has 0 heterocycles. The van der Waals surface area contributed by atoms with Gasteiger partial charge in [-0.2, -0.15) is 0 Å². The Balaban J connectivity index is 1.71. The summed E-state index contributed by atoms with van der Waals surface area (Å²) in [4.78, 5) is 0. The predicted octanol–water partition coefficient (Wildman–Crippen LogP) is 10.1. The summed E-state index contributed by atoms with van der Waals surface area (Å²) < 4.78 is 2.22. The molecule has 0 nitrogen and oxygen atoms in total. The highest BCUT2D eigenvalue weighted by molar-refractivity contribution is 9.10. The van der Waals surface area contributed by atoms with Crippen LogP contribution in [0.1, 0.15) is 0 Å². The highest BCUT2D eigenvalue weighted by Crippen LogP contribution is 2.40. The van der Waals surface area contributed by atoms with Crippen LogP contribution < -0.4 is 0 Å². The standard InChI is InChI=1S/C30H16Br2/c31-21-9-5-17-1-3-19-7-11-23-24-12-8-20-4-2-18-6-10-22(32)16-28(18)30(20)26(24)14-13-25(23)29(19)27(17)15-21/h1-16H. The molecule has 0 aliphatic heterocycles. The van der Waals surface area contributed by atoms with Gasteiger partial charge in [-0.05, 0) is 88.9 Å². The molecule has 150 valence electrons. The van der Waals surface area contributed by atoms with Crippen LogP contribution in [-0.2, 0) is 0 Å². The van der Waals surface area contributed by atoms with Crippen LogP contribution in [0.3, 0.4) is 0 Å². The van der Waals surface area contributed by atoms with Gasteiger partial charge in [-0.3, -0.25) is 0 Å². The molecule has 0 atom stereocenters. The van der Waals surface area contributed by atoms with E-state index in [1.807, 2.05) is 0 Å². The first-order valence-electron chi connectivity index (χ1n) is 10.7. The second-order valence-corrected chi connectivity index (χ2v) is 10.3. The fourth-order valence-corrected chi connectivity index (χ4v) is 6.00. The number of rotatable bonds is 0. The molecule has 0 fully saturated rings. The Labute approximate surface area is 201 Å². The fraction of sp³-hybridized carbons (Fsp3) is 0. The normalized spacial score (nSPS) is 12.1. The molecule has 0 saturated heterocycles. The molecule has 32 heavy (non-hydrogen) atoms. The molecule has 0 aliphatic carbocycles. The Morgan fingerprint density at radius 2 is 0.656 bits per heavy atom. The van der Waals surface area contributed by atoms with Crippen molar-refractivity contribution >= 4 is 96.5 Å². The van der Waals surface area contributed by atoms with E-state index < -0.39 is 0 Å². The zero-order chi connectivity index (χ0) is 21.4. The van der Waals surface area contributed by atoms with E-state index in [4.69, 9.17) is 0 Å². The Hall–Kier alpha value is -2.94. The number of benzene rings is 7. The topological polar surface area (TPSA) is 0 Å². The van der Waals surface area contributed by atoms with Crippen LogP contribution >= 0.6 is 31.9 Å². The molecule has 0 N–H and O–H groups in total. The maximum Gasteiger partial charge on any atom is 0.0181 e. The smallest absolute Gasteiger partial charge is 0.0181 e. The van der Waals surface area contributed by atoms with Crippen molar-refractivity contribution in [3.63, 3.8) is 0 Å². The summed E-state index contributed by atoms with van der Waals surface area (Å²) in [5, 5.41) is 15.5. The van der Waals surface area contributed by atoms with Gasteiger partial charge >= 0.3 is 0 Å². The molecule has 0 spiro atoms. The van der Waals surface area contributed by atoms with E-state index >= 15 is 0 Å². The Bertz CT molecular complexity index is 1760. The average Bonchev–Trinajstić information content (AvgIpc) is 2.82. The van der Waals surface area contributed by atoms with Gasteiger partial charge in [0.2, 0.25) is 0 Å². The number of fused-ring (bicyclic) bond motifs is 11. The zero-order valence-electron chi connectivity index (χ0n) is 17.0. The first-order chi connectivity index (χ1) is 15.7. The second kappa shape index (κ2) is 6.78. The fourth-order valence-electron chi connectivity index (χ4n) is 5.27. The van der Waals surface area contributed by atoms with Gasteiger partial charge in [0.05, 0.1) is 0 Å².